The Morgan fingerprint density at radius 3 is 2.56 bits per heavy atom. The molecule has 0 saturated carbocycles. The molecule has 0 saturated heterocycles. The molecule has 0 aliphatic carbocycles. The predicted molar refractivity (Wildman–Crippen MR) is 95.6 cm³/mol. The summed E-state index contributed by atoms with van der Waals surface area (Å²) in [4.78, 5) is 11.7. The summed E-state index contributed by atoms with van der Waals surface area (Å²) < 4.78 is 52.9. The molecule has 146 valence electrons. The molecule has 0 heterocycles. The Morgan fingerprint density at radius 1 is 1.19 bits per heavy atom. The van der Waals surface area contributed by atoms with Crippen molar-refractivity contribution >= 4 is 27.5 Å². The first-order valence-corrected chi connectivity index (χ1v) is 9.70. The Bertz CT molecular complexity index is 925. The number of aliphatic hydroxyl groups excluding tert-OH is 1. The number of benzene rings is 2. The number of nitrogens with one attached hydrogen (secondary N) is 2. The van der Waals surface area contributed by atoms with Gasteiger partial charge < -0.3 is 10.4 Å². The Balaban J connectivity index is 1.82. The molecular formula is C17H17ClF2N2O4S. The van der Waals surface area contributed by atoms with Crippen LogP contribution < -0.4 is 10.0 Å². The monoisotopic (exact) mass is 418 g/mol. The van der Waals surface area contributed by atoms with E-state index in [-0.39, 0.29) is 35.0 Å². The van der Waals surface area contributed by atoms with Crippen LogP contribution in [0.25, 0.3) is 0 Å². The SMILES string of the molecule is O=C(CCNS(=O)(=O)c1ccccc1Cl)NCC(O)c1ccc(F)cc1F. The van der Waals surface area contributed by atoms with Crippen LogP contribution in [0.15, 0.2) is 47.4 Å². The lowest BCUT2D eigenvalue weighted by Gasteiger charge is -2.13. The van der Waals surface area contributed by atoms with E-state index in [1.807, 2.05) is 0 Å². The molecule has 2 aromatic rings. The summed E-state index contributed by atoms with van der Waals surface area (Å²) in [5, 5.41) is 12.3. The average molecular weight is 419 g/mol. The van der Waals surface area contributed by atoms with Gasteiger partial charge in [0.25, 0.3) is 0 Å². The van der Waals surface area contributed by atoms with E-state index in [0.29, 0.717) is 6.07 Å². The van der Waals surface area contributed by atoms with Crippen LogP contribution in [0, 0.1) is 11.6 Å². The highest BCUT2D eigenvalue weighted by atomic mass is 35.5. The van der Waals surface area contributed by atoms with Crippen molar-refractivity contribution in [1.29, 1.82) is 0 Å². The Hall–Kier alpha value is -2.07. The summed E-state index contributed by atoms with van der Waals surface area (Å²) in [6.07, 6.45) is -1.57. The van der Waals surface area contributed by atoms with Gasteiger partial charge in [-0.05, 0) is 18.2 Å². The minimum Gasteiger partial charge on any atom is -0.386 e. The maximum atomic E-state index is 13.6. The first-order valence-electron chi connectivity index (χ1n) is 7.84. The minimum atomic E-state index is -3.87. The molecule has 0 fully saturated rings. The van der Waals surface area contributed by atoms with E-state index >= 15 is 0 Å². The quantitative estimate of drug-likeness (QED) is 0.612. The van der Waals surface area contributed by atoms with Gasteiger partial charge in [0, 0.05) is 31.1 Å². The van der Waals surface area contributed by atoms with Gasteiger partial charge in [-0.3, -0.25) is 4.79 Å². The molecule has 27 heavy (non-hydrogen) atoms. The minimum absolute atomic E-state index is 0.0545. The number of sulfonamides is 1. The topological polar surface area (TPSA) is 95.5 Å². The van der Waals surface area contributed by atoms with E-state index in [9.17, 15) is 27.1 Å². The normalized spacial score (nSPS) is 12.6. The second-order valence-corrected chi connectivity index (χ2v) is 7.71. The van der Waals surface area contributed by atoms with Crippen LogP contribution in [-0.4, -0.2) is 32.5 Å². The first kappa shape index (κ1) is 21.2. The van der Waals surface area contributed by atoms with Crippen LogP contribution >= 0.6 is 11.6 Å². The smallest absolute Gasteiger partial charge is 0.242 e. The fraction of sp³-hybridized carbons (Fsp3) is 0.235. The molecule has 3 N–H and O–H groups in total. The van der Waals surface area contributed by atoms with E-state index in [1.165, 1.54) is 18.2 Å². The molecule has 6 nitrogen and oxygen atoms in total. The predicted octanol–water partition coefficient (Wildman–Crippen LogP) is 2.14. The van der Waals surface area contributed by atoms with Gasteiger partial charge >= 0.3 is 0 Å². The number of carbonyl (C=O) groups excluding carboxylic acids is 1. The van der Waals surface area contributed by atoms with Gasteiger partial charge in [0.2, 0.25) is 15.9 Å². The molecule has 1 amide bonds. The van der Waals surface area contributed by atoms with E-state index in [0.717, 1.165) is 12.1 Å². The van der Waals surface area contributed by atoms with Gasteiger partial charge in [-0.15, -0.1) is 0 Å². The third kappa shape index (κ3) is 5.96. The molecule has 1 atom stereocenters. The standard InChI is InChI=1S/C17H17ClF2N2O4S/c18-13-3-1-2-4-16(13)27(25,26)22-8-7-17(24)21-10-15(23)12-6-5-11(19)9-14(12)20/h1-6,9,15,22-23H,7-8,10H2,(H,21,24). The second-order valence-electron chi connectivity index (χ2n) is 5.56. The number of rotatable bonds is 8. The molecule has 0 bridgehead atoms. The van der Waals surface area contributed by atoms with Crippen LogP contribution in [-0.2, 0) is 14.8 Å². The highest BCUT2D eigenvalue weighted by Crippen LogP contribution is 2.20. The van der Waals surface area contributed by atoms with Gasteiger partial charge in [0.1, 0.15) is 16.5 Å². The van der Waals surface area contributed by atoms with Gasteiger partial charge in [-0.2, -0.15) is 0 Å². The summed E-state index contributed by atoms with van der Waals surface area (Å²) in [6, 6.07) is 8.57. The number of carbonyl (C=O) groups is 1. The highest BCUT2D eigenvalue weighted by molar-refractivity contribution is 7.89. The van der Waals surface area contributed by atoms with Crippen molar-refractivity contribution < 1.29 is 27.1 Å². The summed E-state index contributed by atoms with van der Waals surface area (Å²) in [5.74, 6) is -2.26. The van der Waals surface area contributed by atoms with E-state index in [1.54, 1.807) is 6.07 Å². The lowest BCUT2D eigenvalue weighted by Crippen LogP contribution is -2.33. The highest BCUT2D eigenvalue weighted by Gasteiger charge is 2.18. The van der Waals surface area contributed by atoms with Crippen LogP contribution in [0.2, 0.25) is 5.02 Å². The second kappa shape index (κ2) is 9.23. The molecule has 0 radical (unpaired) electrons. The number of aliphatic hydroxyl groups is 1. The average Bonchev–Trinajstić information content (AvgIpc) is 2.59. The van der Waals surface area contributed by atoms with Gasteiger partial charge in [-0.1, -0.05) is 29.8 Å². The maximum absolute atomic E-state index is 13.6. The molecule has 0 aliphatic heterocycles. The number of hydrogen-bond donors (Lipinski definition) is 3. The molecule has 0 spiro atoms. The van der Waals surface area contributed by atoms with E-state index in [2.05, 4.69) is 10.0 Å². The number of amides is 1. The van der Waals surface area contributed by atoms with Gasteiger partial charge in [-0.25, -0.2) is 21.9 Å². The molecule has 0 aromatic heterocycles. The van der Waals surface area contributed by atoms with Crippen LogP contribution in [0.1, 0.15) is 18.1 Å². The Labute approximate surface area is 160 Å². The number of hydrogen-bond acceptors (Lipinski definition) is 4. The van der Waals surface area contributed by atoms with Crippen molar-refractivity contribution in [1.82, 2.24) is 10.0 Å². The maximum Gasteiger partial charge on any atom is 0.242 e. The van der Waals surface area contributed by atoms with Crippen LogP contribution in [0.3, 0.4) is 0 Å². The third-order valence-corrected chi connectivity index (χ3v) is 5.55. The van der Waals surface area contributed by atoms with Crippen LogP contribution in [0.4, 0.5) is 8.78 Å². The molecular weight excluding hydrogens is 402 g/mol. The zero-order valence-electron chi connectivity index (χ0n) is 14.0. The van der Waals surface area contributed by atoms with Crippen molar-refractivity contribution in [3.05, 3.63) is 64.7 Å². The van der Waals surface area contributed by atoms with E-state index in [4.69, 9.17) is 11.6 Å². The third-order valence-electron chi connectivity index (χ3n) is 3.58. The summed E-state index contributed by atoms with van der Waals surface area (Å²) in [7, 11) is -3.87. The first-order chi connectivity index (χ1) is 12.7. The molecule has 2 aromatic carbocycles. The van der Waals surface area contributed by atoms with Crippen molar-refractivity contribution in [2.45, 2.75) is 17.4 Å². The summed E-state index contributed by atoms with van der Waals surface area (Å²) in [6.45, 7) is -0.501. The fourth-order valence-electron chi connectivity index (χ4n) is 2.22. The Morgan fingerprint density at radius 2 is 1.89 bits per heavy atom. The summed E-state index contributed by atoms with van der Waals surface area (Å²) in [5.41, 5.74) is -0.156. The lowest BCUT2D eigenvalue weighted by atomic mass is 10.1. The molecule has 2 rings (SSSR count). The van der Waals surface area contributed by atoms with Crippen molar-refractivity contribution in [3.8, 4) is 0 Å². The number of halogens is 3. The van der Waals surface area contributed by atoms with Gasteiger partial charge in [0.15, 0.2) is 0 Å². The van der Waals surface area contributed by atoms with Crippen molar-refractivity contribution in [2.75, 3.05) is 13.1 Å². The zero-order valence-corrected chi connectivity index (χ0v) is 15.5. The fourth-order valence-corrected chi connectivity index (χ4v) is 3.77. The Kier molecular flexibility index (Phi) is 7.25. The lowest BCUT2D eigenvalue weighted by molar-refractivity contribution is -0.121. The van der Waals surface area contributed by atoms with Crippen molar-refractivity contribution in [2.24, 2.45) is 0 Å². The van der Waals surface area contributed by atoms with E-state index < -0.39 is 33.7 Å². The van der Waals surface area contributed by atoms with Gasteiger partial charge in [0.05, 0.1) is 11.1 Å². The van der Waals surface area contributed by atoms with Crippen LogP contribution in [0.5, 0.6) is 0 Å². The largest absolute Gasteiger partial charge is 0.386 e. The molecule has 10 heteroatoms. The summed E-state index contributed by atoms with van der Waals surface area (Å²) >= 11 is 5.84. The molecule has 0 aliphatic rings. The zero-order chi connectivity index (χ0) is 20.0. The molecule has 1 unspecified atom stereocenters. The van der Waals surface area contributed by atoms with Crippen molar-refractivity contribution in [3.63, 3.8) is 0 Å².